The third-order valence-corrected chi connectivity index (χ3v) is 3.36. The Morgan fingerprint density at radius 2 is 1.86 bits per heavy atom. The molecule has 110 valence electrons. The molecule has 0 aliphatic rings. The molecular formula is C16H17NO4. The van der Waals surface area contributed by atoms with Gasteiger partial charge in [-0.25, -0.2) is 9.59 Å². The van der Waals surface area contributed by atoms with Crippen molar-refractivity contribution in [1.82, 2.24) is 4.98 Å². The summed E-state index contributed by atoms with van der Waals surface area (Å²) in [6, 6.07) is 9.32. The Hall–Kier alpha value is -2.56. The monoisotopic (exact) mass is 287 g/mol. The van der Waals surface area contributed by atoms with Gasteiger partial charge in [0.25, 0.3) is 0 Å². The van der Waals surface area contributed by atoms with Crippen LogP contribution in [0.25, 0.3) is 0 Å². The first-order chi connectivity index (χ1) is 10.0. The fourth-order valence-electron chi connectivity index (χ4n) is 2.26. The highest BCUT2D eigenvalue weighted by Crippen LogP contribution is 2.20. The van der Waals surface area contributed by atoms with Crippen molar-refractivity contribution >= 4 is 11.9 Å². The van der Waals surface area contributed by atoms with Crippen molar-refractivity contribution in [2.75, 3.05) is 0 Å². The first kappa shape index (κ1) is 14.8. The van der Waals surface area contributed by atoms with Gasteiger partial charge in [-0.3, -0.25) is 0 Å². The quantitative estimate of drug-likeness (QED) is 0.829. The average molecular weight is 287 g/mol. The van der Waals surface area contributed by atoms with Crippen LogP contribution in [0.4, 0.5) is 0 Å². The summed E-state index contributed by atoms with van der Waals surface area (Å²) in [6.45, 7) is 3.73. The molecule has 0 amide bonds. The van der Waals surface area contributed by atoms with E-state index in [1.165, 1.54) is 0 Å². The minimum Gasteiger partial charge on any atom is -0.477 e. The highest BCUT2D eigenvalue weighted by Gasteiger charge is 2.22. The number of carboxylic acid groups (broad SMARTS) is 1. The molecule has 21 heavy (non-hydrogen) atoms. The summed E-state index contributed by atoms with van der Waals surface area (Å²) in [5, 5.41) is 9.14. The van der Waals surface area contributed by atoms with Crippen LogP contribution < -0.4 is 0 Å². The molecule has 0 saturated heterocycles. The largest absolute Gasteiger partial charge is 0.477 e. The van der Waals surface area contributed by atoms with Crippen LogP contribution in [-0.2, 0) is 17.8 Å². The van der Waals surface area contributed by atoms with E-state index >= 15 is 0 Å². The zero-order valence-electron chi connectivity index (χ0n) is 12.0. The summed E-state index contributed by atoms with van der Waals surface area (Å²) < 4.78 is 5.22. The Balaban J connectivity index is 2.18. The molecule has 5 nitrogen and oxygen atoms in total. The van der Waals surface area contributed by atoms with E-state index in [2.05, 4.69) is 4.98 Å². The molecule has 1 aromatic carbocycles. The predicted molar refractivity (Wildman–Crippen MR) is 77.4 cm³/mol. The van der Waals surface area contributed by atoms with Gasteiger partial charge < -0.3 is 14.8 Å². The highest BCUT2D eigenvalue weighted by atomic mass is 16.5. The van der Waals surface area contributed by atoms with E-state index in [-0.39, 0.29) is 18.0 Å². The molecule has 0 aliphatic heterocycles. The van der Waals surface area contributed by atoms with E-state index in [1.807, 2.05) is 37.3 Å². The number of hydrogen-bond acceptors (Lipinski definition) is 3. The number of aromatic amines is 1. The number of hydrogen-bond donors (Lipinski definition) is 2. The molecule has 0 atom stereocenters. The average Bonchev–Trinajstić information content (AvgIpc) is 2.83. The van der Waals surface area contributed by atoms with E-state index in [9.17, 15) is 9.59 Å². The molecule has 5 heteroatoms. The zero-order valence-corrected chi connectivity index (χ0v) is 12.0. The van der Waals surface area contributed by atoms with Crippen LogP contribution in [0.1, 0.15) is 44.6 Å². The van der Waals surface area contributed by atoms with Crippen LogP contribution in [0.5, 0.6) is 0 Å². The number of H-pyrrole nitrogens is 1. The number of carbonyl (C=O) groups is 2. The second-order valence-corrected chi connectivity index (χ2v) is 4.70. The number of carboxylic acids is 1. The Morgan fingerprint density at radius 3 is 2.38 bits per heavy atom. The maximum Gasteiger partial charge on any atom is 0.355 e. The second kappa shape index (κ2) is 6.26. The van der Waals surface area contributed by atoms with Gasteiger partial charge in [-0.05, 0) is 30.0 Å². The van der Waals surface area contributed by atoms with E-state index in [0.717, 1.165) is 5.56 Å². The van der Waals surface area contributed by atoms with Crippen molar-refractivity contribution in [3.63, 3.8) is 0 Å². The van der Waals surface area contributed by atoms with Gasteiger partial charge in [0.15, 0.2) is 0 Å². The van der Waals surface area contributed by atoms with E-state index in [0.29, 0.717) is 17.5 Å². The van der Waals surface area contributed by atoms with E-state index in [1.54, 1.807) is 6.92 Å². The lowest BCUT2D eigenvalue weighted by Gasteiger charge is -2.04. The number of esters is 1. The standard InChI is InChI=1S/C16H17NO4/c1-3-12-10(2)13(17-14(12)15(18)19)16(20)21-9-11-7-5-4-6-8-11/h4-8,17H,3,9H2,1-2H3,(H,18,19). The van der Waals surface area contributed by atoms with Crippen molar-refractivity contribution in [2.45, 2.75) is 26.9 Å². The summed E-state index contributed by atoms with van der Waals surface area (Å²) in [5.74, 6) is -1.62. The molecule has 2 N–H and O–H groups in total. The van der Waals surface area contributed by atoms with Gasteiger partial charge in [-0.2, -0.15) is 0 Å². The van der Waals surface area contributed by atoms with Gasteiger partial charge in [-0.15, -0.1) is 0 Å². The van der Waals surface area contributed by atoms with Crippen molar-refractivity contribution < 1.29 is 19.4 Å². The molecule has 0 bridgehead atoms. The topological polar surface area (TPSA) is 79.4 Å². The van der Waals surface area contributed by atoms with Crippen molar-refractivity contribution in [1.29, 1.82) is 0 Å². The number of carbonyl (C=O) groups excluding carboxylic acids is 1. The summed E-state index contributed by atoms with van der Waals surface area (Å²) >= 11 is 0. The predicted octanol–water partition coefficient (Wildman–Crippen LogP) is 2.94. The van der Waals surface area contributed by atoms with Crippen LogP contribution >= 0.6 is 0 Å². The van der Waals surface area contributed by atoms with Gasteiger partial charge in [0, 0.05) is 0 Å². The molecule has 0 unspecified atom stereocenters. The first-order valence-electron chi connectivity index (χ1n) is 6.70. The Labute approximate surface area is 122 Å². The number of benzene rings is 1. The fraction of sp³-hybridized carbons (Fsp3) is 0.250. The number of ether oxygens (including phenoxy) is 1. The number of aromatic carboxylic acids is 1. The molecule has 2 aromatic rings. The van der Waals surface area contributed by atoms with Gasteiger partial charge in [0.1, 0.15) is 18.0 Å². The van der Waals surface area contributed by atoms with Crippen LogP contribution in [-0.4, -0.2) is 22.0 Å². The van der Waals surface area contributed by atoms with Gasteiger partial charge >= 0.3 is 11.9 Å². The fourth-order valence-corrected chi connectivity index (χ4v) is 2.26. The molecule has 0 radical (unpaired) electrons. The third-order valence-electron chi connectivity index (χ3n) is 3.36. The lowest BCUT2D eigenvalue weighted by Crippen LogP contribution is -2.08. The molecule has 0 fully saturated rings. The van der Waals surface area contributed by atoms with Crippen molar-refractivity contribution in [3.8, 4) is 0 Å². The number of aromatic nitrogens is 1. The van der Waals surface area contributed by atoms with Crippen molar-refractivity contribution in [2.24, 2.45) is 0 Å². The van der Waals surface area contributed by atoms with Gasteiger partial charge in [-0.1, -0.05) is 37.3 Å². The Kier molecular flexibility index (Phi) is 4.42. The van der Waals surface area contributed by atoms with Crippen molar-refractivity contribution in [3.05, 3.63) is 58.4 Å². The van der Waals surface area contributed by atoms with Crippen LogP contribution in [0.2, 0.25) is 0 Å². The minimum absolute atomic E-state index is 0.0571. The van der Waals surface area contributed by atoms with Gasteiger partial charge in [0.05, 0.1) is 0 Å². The summed E-state index contributed by atoms with van der Waals surface area (Å²) in [6.07, 6.45) is 0.538. The smallest absolute Gasteiger partial charge is 0.355 e. The molecule has 1 heterocycles. The number of rotatable bonds is 5. The third kappa shape index (κ3) is 3.13. The normalized spacial score (nSPS) is 10.4. The molecule has 0 spiro atoms. The molecule has 0 saturated carbocycles. The Morgan fingerprint density at radius 1 is 1.19 bits per heavy atom. The summed E-state index contributed by atoms with van der Waals surface area (Å²) in [4.78, 5) is 25.9. The van der Waals surface area contributed by atoms with Crippen LogP contribution in [0, 0.1) is 6.92 Å². The minimum atomic E-state index is -1.07. The van der Waals surface area contributed by atoms with Gasteiger partial charge in [0.2, 0.25) is 0 Å². The molecular weight excluding hydrogens is 270 g/mol. The van der Waals surface area contributed by atoms with Crippen LogP contribution in [0.15, 0.2) is 30.3 Å². The SMILES string of the molecule is CCc1c(C(=O)O)[nH]c(C(=O)OCc2ccccc2)c1C. The zero-order chi connectivity index (χ0) is 15.4. The number of nitrogens with one attached hydrogen (secondary N) is 1. The van der Waals surface area contributed by atoms with E-state index in [4.69, 9.17) is 9.84 Å². The van der Waals surface area contributed by atoms with Crippen LogP contribution in [0.3, 0.4) is 0 Å². The maximum absolute atomic E-state index is 12.1. The lowest BCUT2D eigenvalue weighted by atomic mass is 10.1. The maximum atomic E-state index is 12.1. The highest BCUT2D eigenvalue weighted by molar-refractivity contribution is 5.95. The molecule has 1 aromatic heterocycles. The molecule has 0 aliphatic carbocycles. The first-order valence-corrected chi connectivity index (χ1v) is 6.70. The molecule has 2 rings (SSSR count). The summed E-state index contributed by atoms with van der Waals surface area (Å²) in [5.41, 5.74) is 2.41. The summed E-state index contributed by atoms with van der Waals surface area (Å²) in [7, 11) is 0. The second-order valence-electron chi connectivity index (χ2n) is 4.70. The lowest BCUT2D eigenvalue weighted by molar-refractivity contribution is 0.0465. The Bertz CT molecular complexity index is 658. The van der Waals surface area contributed by atoms with E-state index < -0.39 is 11.9 Å².